The van der Waals surface area contributed by atoms with Crippen LogP contribution in [0.15, 0.2) is 104 Å². The van der Waals surface area contributed by atoms with Gasteiger partial charge in [-0.15, -0.1) is 15.3 Å². The standard InChI is InChI=1S/C32H33N11O/c1-33-32(44)28-14-12-27(13-15-28)19-43-31(16-34-37-43)24-40(20-29-22-41(38-35-29)17-25-8-4-2-5-9-25)21-30-23-42(39-36-30)18-26-10-6-3-7-11-26/h2-16,22-23H,17-21,24H2,1H3,(H,33,44). The van der Waals surface area contributed by atoms with Crippen molar-refractivity contribution in [3.8, 4) is 0 Å². The van der Waals surface area contributed by atoms with Gasteiger partial charge >= 0.3 is 0 Å². The van der Waals surface area contributed by atoms with Crippen LogP contribution in [-0.4, -0.2) is 62.8 Å². The molecule has 222 valence electrons. The van der Waals surface area contributed by atoms with Crippen molar-refractivity contribution in [3.05, 3.63) is 143 Å². The van der Waals surface area contributed by atoms with E-state index in [1.165, 1.54) is 0 Å². The van der Waals surface area contributed by atoms with E-state index in [0.29, 0.717) is 44.8 Å². The van der Waals surface area contributed by atoms with Crippen molar-refractivity contribution >= 4 is 5.91 Å². The SMILES string of the molecule is CNC(=O)c1ccc(Cn2nncc2CN(Cc2cn(Cc3ccccc3)nn2)Cc2cn(Cc3ccccc3)nn2)cc1. The summed E-state index contributed by atoms with van der Waals surface area (Å²) in [6.45, 7) is 3.48. The molecule has 44 heavy (non-hydrogen) atoms. The molecule has 1 amide bonds. The molecule has 0 aliphatic heterocycles. The molecule has 6 rings (SSSR count). The molecule has 3 aromatic heterocycles. The van der Waals surface area contributed by atoms with Crippen molar-refractivity contribution in [2.24, 2.45) is 0 Å². The summed E-state index contributed by atoms with van der Waals surface area (Å²) >= 11 is 0. The van der Waals surface area contributed by atoms with Gasteiger partial charge in [0.05, 0.1) is 55.3 Å². The zero-order chi connectivity index (χ0) is 30.1. The Morgan fingerprint density at radius 1 is 0.682 bits per heavy atom. The third-order valence-electron chi connectivity index (χ3n) is 7.18. The summed E-state index contributed by atoms with van der Waals surface area (Å²) in [4.78, 5) is 14.2. The highest BCUT2D eigenvalue weighted by Crippen LogP contribution is 2.14. The van der Waals surface area contributed by atoms with Gasteiger partial charge in [0.2, 0.25) is 0 Å². The third-order valence-corrected chi connectivity index (χ3v) is 7.18. The quantitative estimate of drug-likeness (QED) is 0.219. The van der Waals surface area contributed by atoms with Gasteiger partial charge in [-0.1, -0.05) is 88.4 Å². The molecular formula is C32H33N11O. The Labute approximate surface area is 254 Å². The van der Waals surface area contributed by atoms with Gasteiger partial charge in [0.15, 0.2) is 0 Å². The third kappa shape index (κ3) is 7.47. The monoisotopic (exact) mass is 587 g/mol. The first-order valence-electron chi connectivity index (χ1n) is 14.4. The van der Waals surface area contributed by atoms with Crippen LogP contribution in [0.4, 0.5) is 0 Å². The number of benzene rings is 3. The largest absolute Gasteiger partial charge is 0.355 e. The number of amides is 1. The molecule has 0 atom stereocenters. The Morgan fingerprint density at radius 2 is 1.23 bits per heavy atom. The molecule has 0 aliphatic rings. The summed E-state index contributed by atoms with van der Waals surface area (Å²) in [5.41, 5.74) is 6.59. The molecular weight excluding hydrogens is 554 g/mol. The normalized spacial score (nSPS) is 11.2. The topological polar surface area (TPSA) is 124 Å². The van der Waals surface area contributed by atoms with Crippen LogP contribution >= 0.6 is 0 Å². The molecule has 0 aliphatic carbocycles. The van der Waals surface area contributed by atoms with E-state index in [9.17, 15) is 4.79 Å². The molecule has 1 N–H and O–H groups in total. The van der Waals surface area contributed by atoms with E-state index in [1.807, 2.05) is 87.1 Å². The van der Waals surface area contributed by atoms with Gasteiger partial charge in [-0.05, 0) is 28.8 Å². The minimum Gasteiger partial charge on any atom is -0.355 e. The predicted octanol–water partition coefficient (Wildman–Crippen LogP) is 3.17. The molecule has 0 unspecified atom stereocenters. The molecule has 0 saturated heterocycles. The van der Waals surface area contributed by atoms with Gasteiger partial charge in [-0.3, -0.25) is 9.69 Å². The number of nitrogens with one attached hydrogen (secondary N) is 1. The number of hydrogen-bond donors (Lipinski definition) is 1. The summed E-state index contributed by atoms with van der Waals surface area (Å²) in [7, 11) is 1.62. The second-order valence-electron chi connectivity index (χ2n) is 10.6. The molecule has 12 heteroatoms. The van der Waals surface area contributed by atoms with Crippen LogP contribution in [0.1, 0.15) is 44.1 Å². The summed E-state index contributed by atoms with van der Waals surface area (Å²) in [5.74, 6) is -0.116. The zero-order valence-corrected chi connectivity index (χ0v) is 24.4. The maximum absolute atomic E-state index is 11.9. The van der Waals surface area contributed by atoms with Gasteiger partial charge in [-0.25, -0.2) is 14.0 Å². The number of nitrogens with zero attached hydrogens (tertiary/aromatic N) is 10. The molecule has 0 radical (unpaired) electrons. The van der Waals surface area contributed by atoms with Crippen molar-refractivity contribution in [1.29, 1.82) is 0 Å². The van der Waals surface area contributed by atoms with E-state index >= 15 is 0 Å². The van der Waals surface area contributed by atoms with Gasteiger partial charge in [0.25, 0.3) is 5.91 Å². The van der Waals surface area contributed by atoms with Gasteiger partial charge in [0.1, 0.15) is 0 Å². The maximum Gasteiger partial charge on any atom is 0.251 e. The molecule has 6 aromatic rings. The van der Waals surface area contributed by atoms with E-state index in [2.05, 4.69) is 65.4 Å². The number of carbonyl (C=O) groups excluding carboxylic acids is 1. The van der Waals surface area contributed by atoms with Crippen LogP contribution in [0.25, 0.3) is 0 Å². The highest BCUT2D eigenvalue weighted by Gasteiger charge is 2.17. The molecule has 12 nitrogen and oxygen atoms in total. The second-order valence-corrected chi connectivity index (χ2v) is 10.6. The van der Waals surface area contributed by atoms with Crippen molar-refractivity contribution in [2.75, 3.05) is 7.05 Å². The first kappa shape index (κ1) is 28.6. The maximum atomic E-state index is 11.9. The molecule has 3 heterocycles. The van der Waals surface area contributed by atoms with Gasteiger partial charge in [0, 0.05) is 32.2 Å². The lowest BCUT2D eigenvalue weighted by Crippen LogP contribution is -2.25. The average Bonchev–Trinajstić information content (AvgIpc) is 3.80. The van der Waals surface area contributed by atoms with Gasteiger partial charge in [-0.2, -0.15) is 0 Å². The van der Waals surface area contributed by atoms with Crippen molar-refractivity contribution in [1.82, 2.24) is 55.2 Å². The highest BCUT2D eigenvalue weighted by molar-refractivity contribution is 5.93. The minimum absolute atomic E-state index is 0.116. The predicted molar refractivity (Wildman–Crippen MR) is 163 cm³/mol. The first-order chi connectivity index (χ1) is 21.6. The number of carbonyl (C=O) groups is 1. The lowest BCUT2D eigenvalue weighted by atomic mass is 10.1. The Bertz CT molecular complexity index is 1690. The van der Waals surface area contributed by atoms with Crippen LogP contribution in [0.2, 0.25) is 0 Å². The number of rotatable bonds is 13. The van der Waals surface area contributed by atoms with Crippen molar-refractivity contribution < 1.29 is 4.79 Å². The molecule has 0 bridgehead atoms. The fourth-order valence-electron chi connectivity index (χ4n) is 4.99. The molecule has 0 saturated carbocycles. The molecule has 0 fully saturated rings. The fourth-order valence-corrected chi connectivity index (χ4v) is 4.99. The summed E-state index contributed by atoms with van der Waals surface area (Å²) in [5, 5.41) is 28.9. The summed E-state index contributed by atoms with van der Waals surface area (Å²) in [6, 6.07) is 27.9. The lowest BCUT2D eigenvalue weighted by Gasteiger charge is -2.20. The number of aromatic nitrogens is 9. The Morgan fingerprint density at radius 3 is 1.77 bits per heavy atom. The lowest BCUT2D eigenvalue weighted by molar-refractivity contribution is 0.0963. The Hall–Kier alpha value is -5.49. The molecule has 3 aromatic carbocycles. The minimum atomic E-state index is -0.116. The van der Waals surface area contributed by atoms with E-state index in [1.54, 1.807) is 13.2 Å². The van der Waals surface area contributed by atoms with Crippen LogP contribution in [0.5, 0.6) is 0 Å². The van der Waals surface area contributed by atoms with Gasteiger partial charge < -0.3 is 5.32 Å². The van der Waals surface area contributed by atoms with Crippen LogP contribution in [0.3, 0.4) is 0 Å². The highest BCUT2D eigenvalue weighted by atomic mass is 16.1. The average molecular weight is 588 g/mol. The Balaban J connectivity index is 1.18. The smallest absolute Gasteiger partial charge is 0.251 e. The van der Waals surface area contributed by atoms with Crippen LogP contribution in [0, 0.1) is 0 Å². The molecule has 0 spiro atoms. The summed E-state index contributed by atoms with van der Waals surface area (Å²) in [6.07, 6.45) is 5.75. The zero-order valence-electron chi connectivity index (χ0n) is 24.4. The van der Waals surface area contributed by atoms with Crippen molar-refractivity contribution in [3.63, 3.8) is 0 Å². The van der Waals surface area contributed by atoms with E-state index in [0.717, 1.165) is 33.8 Å². The van der Waals surface area contributed by atoms with E-state index < -0.39 is 0 Å². The summed E-state index contributed by atoms with van der Waals surface area (Å²) < 4.78 is 5.58. The van der Waals surface area contributed by atoms with Crippen molar-refractivity contribution in [2.45, 2.75) is 39.3 Å². The van der Waals surface area contributed by atoms with Crippen LogP contribution in [-0.2, 0) is 39.3 Å². The van der Waals surface area contributed by atoms with Crippen LogP contribution < -0.4 is 5.32 Å². The second kappa shape index (κ2) is 13.7. The Kier molecular flexibility index (Phi) is 8.88. The fraction of sp³-hybridized carbons (Fsp3) is 0.219. The number of hydrogen-bond acceptors (Lipinski definition) is 8. The van der Waals surface area contributed by atoms with E-state index in [4.69, 9.17) is 0 Å². The van der Waals surface area contributed by atoms with E-state index in [-0.39, 0.29) is 5.91 Å². The first-order valence-corrected chi connectivity index (χ1v) is 14.4.